The second kappa shape index (κ2) is 15.4. The maximum Gasteiger partial charge on any atom is 0.306 e. The lowest BCUT2D eigenvalue weighted by molar-refractivity contribution is -0.386. The van der Waals surface area contributed by atoms with E-state index >= 15 is 0 Å². The molecule has 1 unspecified atom stereocenters. The van der Waals surface area contributed by atoms with Crippen molar-refractivity contribution in [2.75, 3.05) is 26.8 Å². The molecule has 5 N–H and O–H groups in total. The number of amides is 2. The molecule has 0 aromatic heterocycles. The third kappa shape index (κ3) is 10.5. The predicted molar refractivity (Wildman–Crippen MR) is 123 cm³/mol. The lowest BCUT2D eigenvalue weighted by Crippen LogP contribution is -2.25. The molecule has 12 heteroatoms. The van der Waals surface area contributed by atoms with Crippen molar-refractivity contribution in [1.29, 1.82) is 0 Å². The van der Waals surface area contributed by atoms with Gasteiger partial charge in [-0.15, -0.1) is 0 Å². The molecule has 1 atom stereocenters. The normalized spacial score (nSPS) is 11.4. The summed E-state index contributed by atoms with van der Waals surface area (Å²) in [5.41, 5.74) is 10.3. The molecule has 1 rings (SSSR count). The van der Waals surface area contributed by atoms with Crippen molar-refractivity contribution in [2.45, 2.75) is 58.0 Å². The quantitative estimate of drug-likeness (QED) is 0.129. The monoisotopic (exact) mass is 482 g/mol. The van der Waals surface area contributed by atoms with Crippen molar-refractivity contribution in [1.82, 2.24) is 5.32 Å². The van der Waals surface area contributed by atoms with Crippen LogP contribution in [0.3, 0.4) is 0 Å². The van der Waals surface area contributed by atoms with Gasteiger partial charge in [-0.3, -0.25) is 24.5 Å². The average Bonchev–Trinajstić information content (AvgIpc) is 2.79. The molecule has 0 spiro atoms. The van der Waals surface area contributed by atoms with Gasteiger partial charge in [0.2, 0.25) is 11.8 Å². The highest BCUT2D eigenvalue weighted by Gasteiger charge is 2.26. The van der Waals surface area contributed by atoms with E-state index in [0.29, 0.717) is 38.8 Å². The Labute approximate surface area is 198 Å². The Kier molecular flexibility index (Phi) is 13.0. The van der Waals surface area contributed by atoms with E-state index in [1.54, 1.807) is 0 Å². The number of nitro groups is 1. The highest BCUT2D eigenvalue weighted by atomic mass is 16.6. The van der Waals surface area contributed by atoms with Crippen LogP contribution in [0.5, 0.6) is 11.5 Å². The van der Waals surface area contributed by atoms with Crippen molar-refractivity contribution in [2.24, 2.45) is 11.5 Å². The Balaban J connectivity index is 2.70. The molecular formula is C22H34N4O8. The molecule has 0 saturated carbocycles. The first-order valence-corrected chi connectivity index (χ1v) is 11.1. The summed E-state index contributed by atoms with van der Waals surface area (Å²) in [4.78, 5) is 45.7. The van der Waals surface area contributed by atoms with Crippen LogP contribution in [0.15, 0.2) is 12.1 Å². The summed E-state index contributed by atoms with van der Waals surface area (Å²) in [6.45, 7) is 2.49. The number of rotatable bonds is 17. The van der Waals surface area contributed by atoms with E-state index in [2.05, 4.69) is 5.32 Å². The molecule has 12 nitrogen and oxygen atoms in total. The largest absolute Gasteiger partial charge is 0.493 e. The number of unbranched alkanes of at least 4 members (excludes halogenated alkanes) is 1. The lowest BCUT2D eigenvalue weighted by atomic mass is 10.1. The Morgan fingerprint density at radius 3 is 2.44 bits per heavy atom. The predicted octanol–water partition coefficient (Wildman–Crippen LogP) is 1.88. The third-order valence-corrected chi connectivity index (χ3v) is 4.82. The van der Waals surface area contributed by atoms with Gasteiger partial charge in [0, 0.05) is 25.8 Å². The maximum atomic E-state index is 12.2. The Morgan fingerprint density at radius 2 is 1.82 bits per heavy atom. The maximum absolute atomic E-state index is 12.2. The lowest BCUT2D eigenvalue weighted by Gasteiger charge is -2.17. The van der Waals surface area contributed by atoms with Gasteiger partial charge in [-0.1, -0.05) is 0 Å². The van der Waals surface area contributed by atoms with Gasteiger partial charge in [0.1, 0.15) is 6.10 Å². The van der Waals surface area contributed by atoms with Crippen LogP contribution in [0, 0.1) is 10.1 Å². The fourth-order valence-electron chi connectivity index (χ4n) is 3.05. The van der Waals surface area contributed by atoms with Gasteiger partial charge in [0.05, 0.1) is 30.3 Å². The van der Waals surface area contributed by atoms with Gasteiger partial charge >= 0.3 is 5.97 Å². The fourth-order valence-corrected chi connectivity index (χ4v) is 3.05. The molecule has 0 radical (unpaired) electrons. The topological polar surface area (TPSA) is 186 Å². The van der Waals surface area contributed by atoms with E-state index in [-0.39, 0.29) is 48.1 Å². The summed E-state index contributed by atoms with van der Waals surface area (Å²) >= 11 is 0. The summed E-state index contributed by atoms with van der Waals surface area (Å²) in [6, 6.07) is 2.59. The van der Waals surface area contributed by atoms with Crippen molar-refractivity contribution in [3.05, 3.63) is 27.8 Å². The summed E-state index contributed by atoms with van der Waals surface area (Å²) in [6.07, 6.45) is 1.82. The molecule has 1 aromatic rings. The molecule has 2 amide bonds. The number of hydrogen-bond donors (Lipinski definition) is 3. The van der Waals surface area contributed by atoms with Gasteiger partial charge in [0.25, 0.3) is 5.69 Å². The van der Waals surface area contributed by atoms with Crippen LogP contribution in [-0.2, 0) is 19.1 Å². The van der Waals surface area contributed by atoms with Crippen LogP contribution in [0.1, 0.15) is 63.5 Å². The van der Waals surface area contributed by atoms with E-state index in [4.69, 9.17) is 25.7 Å². The number of esters is 1. The molecule has 0 fully saturated rings. The smallest absolute Gasteiger partial charge is 0.306 e. The van der Waals surface area contributed by atoms with Crippen molar-refractivity contribution in [3.8, 4) is 11.5 Å². The summed E-state index contributed by atoms with van der Waals surface area (Å²) in [5.74, 6) is -0.778. The van der Waals surface area contributed by atoms with Crippen LogP contribution in [0.4, 0.5) is 5.69 Å². The van der Waals surface area contributed by atoms with Gasteiger partial charge in [0.15, 0.2) is 11.5 Å². The molecule has 34 heavy (non-hydrogen) atoms. The number of primary amides is 1. The van der Waals surface area contributed by atoms with Crippen LogP contribution in [-0.4, -0.2) is 49.5 Å². The minimum Gasteiger partial charge on any atom is -0.493 e. The number of nitrogens with zero attached hydrogens (tertiary/aromatic N) is 1. The highest BCUT2D eigenvalue weighted by molar-refractivity contribution is 5.76. The Hall–Kier alpha value is -3.41. The van der Waals surface area contributed by atoms with Crippen LogP contribution in [0.2, 0.25) is 0 Å². The van der Waals surface area contributed by atoms with E-state index < -0.39 is 22.9 Å². The molecule has 0 aliphatic heterocycles. The first-order valence-electron chi connectivity index (χ1n) is 11.1. The number of hydrogen-bond acceptors (Lipinski definition) is 9. The second-order valence-electron chi connectivity index (χ2n) is 7.57. The molecule has 0 aliphatic rings. The Bertz CT molecular complexity index is 846. The molecule has 0 heterocycles. The number of ether oxygens (including phenoxy) is 3. The zero-order valence-corrected chi connectivity index (χ0v) is 19.7. The molecule has 190 valence electrons. The van der Waals surface area contributed by atoms with Gasteiger partial charge in [-0.25, -0.2) is 0 Å². The minimum absolute atomic E-state index is 0.0411. The zero-order chi connectivity index (χ0) is 25.5. The number of nitrogens with two attached hydrogens (primary N) is 2. The molecule has 1 aromatic carbocycles. The van der Waals surface area contributed by atoms with Crippen LogP contribution in [0.25, 0.3) is 0 Å². The highest BCUT2D eigenvalue weighted by Crippen LogP contribution is 2.38. The summed E-state index contributed by atoms with van der Waals surface area (Å²) in [5, 5.41) is 14.3. The van der Waals surface area contributed by atoms with Crippen molar-refractivity contribution in [3.63, 3.8) is 0 Å². The van der Waals surface area contributed by atoms with Crippen LogP contribution < -0.4 is 26.3 Å². The molecular weight excluding hydrogens is 448 g/mol. The number of benzene rings is 1. The van der Waals surface area contributed by atoms with Crippen molar-refractivity contribution >= 4 is 23.5 Å². The average molecular weight is 483 g/mol. The van der Waals surface area contributed by atoms with Crippen molar-refractivity contribution < 1.29 is 33.5 Å². The first kappa shape index (κ1) is 28.6. The number of carbonyl (C=O) groups excluding carboxylic acids is 3. The second-order valence-corrected chi connectivity index (χ2v) is 7.57. The SMILES string of the molecule is COc1cc(C(C)OC(=O)CCCNC(=O)CCCCN)c([N+](=O)[O-])cc1OCCCC(N)=O. The number of methoxy groups -OCH3 is 1. The third-order valence-electron chi connectivity index (χ3n) is 4.82. The van der Waals surface area contributed by atoms with Gasteiger partial charge in [-0.2, -0.15) is 0 Å². The molecule has 0 saturated heterocycles. The van der Waals surface area contributed by atoms with E-state index in [1.807, 2.05) is 0 Å². The standard InChI is InChI=1S/C22H34N4O8/c1-15(34-22(29)9-5-11-25-21(28)8-3-4-10-23)16-13-18(32-2)19(14-17(16)26(30)31)33-12-6-7-20(24)27/h13-15H,3-12,23H2,1-2H3,(H2,24,27)(H,25,28). The van der Waals surface area contributed by atoms with Gasteiger partial charge in [-0.05, 0) is 45.2 Å². The number of carbonyl (C=O) groups is 3. The zero-order valence-electron chi connectivity index (χ0n) is 19.7. The number of nitrogens with one attached hydrogen (secondary N) is 1. The summed E-state index contributed by atoms with van der Waals surface area (Å²) < 4.78 is 16.1. The summed E-state index contributed by atoms with van der Waals surface area (Å²) in [7, 11) is 1.38. The van der Waals surface area contributed by atoms with Crippen LogP contribution >= 0.6 is 0 Å². The number of nitro benzene ring substituents is 1. The van der Waals surface area contributed by atoms with E-state index in [1.165, 1.54) is 26.2 Å². The Morgan fingerprint density at radius 1 is 1.09 bits per heavy atom. The first-order chi connectivity index (χ1) is 16.2. The van der Waals surface area contributed by atoms with E-state index in [0.717, 1.165) is 6.42 Å². The molecule has 0 bridgehead atoms. The molecule has 0 aliphatic carbocycles. The van der Waals surface area contributed by atoms with Gasteiger partial charge < -0.3 is 31.0 Å². The minimum atomic E-state index is -0.920. The van der Waals surface area contributed by atoms with E-state index in [9.17, 15) is 24.5 Å². The fraction of sp³-hybridized carbons (Fsp3) is 0.591.